The predicted molar refractivity (Wildman–Crippen MR) is 106 cm³/mol. The van der Waals surface area contributed by atoms with E-state index in [1.807, 2.05) is 18.2 Å². The van der Waals surface area contributed by atoms with Crippen molar-refractivity contribution in [2.45, 2.75) is 4.90 Å². The van der Waals surface area contributed by atoms with Gasteiger partial charge in [-0.1, -0.05) is 53.7 Å². The summed E-state index contributed by atoms with van der Waals surface area (Å²) in [4.78, 5) is 6.04. The minimum atomic E-state index is 0.745. The van der Waals surface area contributed by atoms with Crippen LogP contribution in [0.4, 0.5) is 5.69 Å². The number of hydrogen-bond donors (Lipinski definition) is 1. The van der Waals surface area contributed by atoms with Crippen LogP contribution in [0.5, 0.6) is 0 Å². The molecule has 116 valence electrons. The van der Waals surface area contributed by atoms with Crippen LogP contribution >= 0.6 is 34.7 Å². The lowest BCUT2D eigenvalue weighted by Crippen LogP contribution is -1.87. The van der Waals surface area contributed by atoms with Crippen LogP contribution < -0.4 is 5.32 Å². The molecule has 1 aliphatic rings. The third-order valence-electron chi connectivity index (χ3n) is 3.97. The molecule has 0 aliphatic carbocycles. The Morgan fingerprint density at radius 3 is 2.92 bits per heavy atom. The summed E-state index contributed by atoms with van der Waals surface area (Å²) < 4.78 is 1.21. The molecule has 2 nitrogen and oxygen atoms in total. The molecular formula is C19H11ClN2S2. The van der Waals surface area contributed by atoms with Crippen LogP contribution in [0.15, 0.2) is 64.5 Å². The monoisotopic (exact) mass is 366 g/mol. The Kier molecular flexibility index (Phi) is 3.30. The van der Waals surface area contributed by atoms with Crippen molar-refractivity contribution >= 4 is 67.5 Å². The Balaban J connectivity index is 1.57. The van der Waals surface area contributed by atoms with E-state index in [4.69, 9.17) is 16.6 Å². The average molecular weight is 367 g/mol. The summed E-state index contributed by atoms with van der Waals surface area (Å²) in [6, 6.07) is 18.6. The second kappa shape index (κ2) is 5.52. The number of halogens is 1. The molecule has 0 spiro atoms. The van der Waals surface area contributed by atoms with Gasteiger partial charge in [-0.3, -0.25) is 0 Å². The highest BCUT2D eigenvalue weighted by Gasteiger charge is 2.16. The Morgan fingerprint density at radius 1 is 1.04 bits per heavy atom. The van der Waals surface area contributed by atoms with Crippen LogP contribution in [-0.2, 0) is 0 Å². The first-order valence-corrected chi connectivity index (χ1v) is 9.52. The lowest BCUT2D eigenvalue weighted by molar-refractivity contribution is 1.45. The molecule has 0 bridgehead atoms. The number of rotatable bonds is 1. The number of nitrogens with one attached hydrogen (secondary N) is 1. The van der Waals surface area contributed by atoms with Gasteiger partial charge in [0.25, 0.3) is 0 Å². The summed E-state index contributed by atoms with van der Waals surface area (Å²) in [7, 11) is 0. The number of fused-ring (bicyclic) bond motifs is 4. The van der Waals surface area contributed by atoms with Crippen LogP contribution in [0.2, 0.25) is 5.02 Å². The third kappa shape index (κ3) is 2.38. The number of aromatic nitrogens is 1. The van der Waals surface area contributed by atoms with Crippen LogP contribution in [0.25, 0.3) is 27.1 Å². The summed E-state index contributed by atoms with van der Waals surface area (Å²) in [5.41, 5.74) is 2.14. The van der Waals surface area contributed by atoms with Crippen molar-refractivity contribution in [3.63, 3.8) is 0 Å². The van der Waals surface area contributed by atoms with Gasteiger partial charge in [-0.05, 0) is 29.7 Å². The molecule has 5 rings (SSSR count). The summed E-state index contributed by atoms with van der Waals surface area (Å²) in [6.45, 7) is 0. The summed E-state index contributed by atoms with van der Waals surface area (Å²) in [6.07, 6.45) is 2.11. The van der Waals surface area contributed by atoms with Crippen LogP contribution in [0.3, 0.4) is 0 Å². The van der Waals surface area contributed by atoms with Gasteiger partial charge in [0.15, 0.2) is 0 Å². The van der Waals surface area contributed by atoms with E-state index in [0.29, 0.717) is 0 Å². The van der Waals surface area contributed by atoms with Crippen molar-refractivity contribution in [3.8, 4) is 0 Å². The maximum atomic E-state index is 6.06. The van der Waals surface area contributed by atoms with Crippen molar-refractivity contribution in [2.24, 2.45) is 0 Å². The Labute approximate surface area is 152 Å². The zero-order valence-corrected chi connectivity index (χ0v) is 14.8. The highest BCUT2D eigenvalue weighted by molar-refractivity contribution is 8.03. The fraction of sp³-hybridized carbons (Fsp3) is 0. The lowest BCUT2D eigenvalue weighted by atomic mass is 10.1. The number of nitrogens with zero attached hydrogens (tertiary/aromatic N) is 1. The molecule has 1 N–H and O–H groups in total. The van der Waals surface area contributed by atoms with Gasteiger partial charge in [0.1, 0.15) is 5.01 Å². The normalized spacial score (nSPS) is 15.1. The van der Waals surface area contributed by atoms with Gasteiger partial charge in [0.05, 0.1) is 20.9 Å². The molecule has 3 aromatic carbocycles. The summed E-state index contributed by atoms with van der Waals surface area (Å²) in [5.74, 6) is 0. The van der Waals surface area contributed by atoms with E-state index in [-0.39, 0.29) is 0 Å². The van der Waals surface area contributed by atoms with Gasteiger partial charge in [-0.2, -0.15) is 0 Å². The molecule has 1 aromatic heterocycles. The van der Waals surface area contributed by atoms with Crippen LogP contribution in [0.1, 0.15) is 5.01 Å². The zero-order valence-electron chi connectivity index (χ0n) is 12.4. The molecule has 1 aliphatic heterocycles. The first-order valence-electron chi connectivity index (χ1n) is 7.51. The molecule has 24 heavy (non-hydrogen) atoms. The molecule has 0 unspecified atom stereocenters. The molecule has 0 saturated heterocycles. The Morgan fingerprint density at radius 2 is 1.96 bits per heavy atom. The topological polar surface area (TPSA) is 24.9 Å². The maximum Gasteiger partial charge on any atom is 0.119 e. The third-order valence-corrected chi connectivity index (χ3v) is 6.19. The van der Waals surface area contributed by atoms with E-state index >= 15 is 0 Å². The van der Waals surface area contributed by atoms with E-state index in [2.05, 4.69) is 47.8 Å². The van der Waals surface area contributed by atoms with Crippen molar-refractivity contribution in [3.05, 3.63) is 69.7 Å². The molecule has 0 atom stereocenters. The van der Waals surface area contributed by atoms with Gasteiger partial charge in [0.2, 0.25) is 0 Å². The van der Waals surface area contributed by atoms with Gasteiger partial charge >= 0.3 is 0 Å². The second-order valence-corrected chi connectivity index (χ2v) is 8.14. The van der Waals surface area contributed by atoms with Crippen molar-refractivity contribution in [1.29, 1.82) is 0 Å². The smallest absolute Gasteiger partial charge is 0.119 e. The zero-order chi connectivity index (χ0) is 16.1. The van der Waals surface area contributed by atoms with Crippen molar-refractivity contribution in [1.82, 2.24) is 4.98 Å². The molecule has 0 radical (unpaired) electrons. The Bertz CT molecular complexity index is 1130. The summed E-state index contributed by atoms with van der Waals surface area (Å²) >= 11 is 9.49. The van der Waals surface area contributed by atoms with E-state index in [9.17, 15) is 0 Å². The summed E-state index contributed by atoms with van der Waals surface area (Å²) in [5, 5.41) is 8.68. The standard InChI is InChI=1S/C19H11ClN2S2/c20-12-6-8-15-14(9-12)21-17(23-15)10-18-22-19-13-4-2-1-3-11(13)5-7-16(19)24-18/h1-10,21H/b17-10-. The average Bonchev–Trinajstić information content (AvgIpc) is 3.17. The SMILES string of the molecule is Clc1ccc2c(c1)N/C(=C/c1nc3c(ccc4ccccc43)s1)S2. The van der Waals surface area contributed by atoms with Gasteiger partial charge < -0.3 is 5.32 Å². The highest BCUT2D eigenvalue weighted by atomic mass is 35.5. The van der Waals surface area contributed by atoms with E-state index in [0.717, 1.165) is 26.3 Å². The number of hydrogen-bond acceptors (Lipinski definition) is 4. The molecule has 4 aromatic rings. The van der Waals surface area contributed by atoms with Gasteiger partial charge in [-0.15, -0.1) is 11.3 Å². The van der Waals surface area contributed by atoms with Crippen LogP contribution in [0, 0.1) is 0 Å². The van der Waals surface area contributed by atoms with Gasteiger partial charge in [-0.25, -0.2) is 4.98 Å². The fourth-order valence-corrected chi connectivity index (χ4v) is 4.98. The molecule has 0 saturated carbocycles. The fourth-order valence-electron chi connectivity index (χ4n) is 2.88. The molecule has 0 fully saturated rings. The van der Waals surface area contributed by atoms with Crippen molar-refractivity contribution in [2.75, 3.05) is 5.32 Å². The molecule has 2 heterocycles. The predicted octanol–water partition coefficient (Wildman–Crippen LogP) is 6.62. The van der Waals surface area contributed by atoms with Crippen LogP contribution in [-0.4, -0.2) is 4.98 Å². The second-order valence-electron chi connectivity index (χ2n) is 5.56. The molecular weight excluding hydrogens is 356 g/mol. The number of thiazole rings is 1. The van der Waals surface area contributed by atoms with E-state index in [1.165, 1.54) is 20.4 Å². The number of thioether (sulfide) groups is 1. The van der Waals surface area contributed by atoms with E-state index in [1.54, 1.807) is 23.1 Å². The molecule has 5 heteroatoms. The number of anilines is 1. The first kappa shape index (κ1) is 14.3. The highest BCUT2D eigenvalue weighted by Crippen LogP contribution is 2.43. The van der Waals surface area contributed by atoms with Gasteiger partial charge in [0, 0.05) is 21.4 Å². The largest absolute Gasteiger partial charge is 0.349 e. The Hall–Kier alpha value is -2.01. The first-order chi connectivity index (χ1) is 11.8. The van der Waals surface area contributed by atoms with Crippen molar-refractivity contribution < 1.29 is 0 Å². The number of benzene rings is 3. The minimum Gasteiger partial charge on any atom is -0.349 e. The quantitative estimate of drug-likeness (QED) is 0.409. The molecule has 0 amide bonds. The maximum absolute atomic E-state index is 6.06. The minimum absolute atomic E-state index is 0.745. The van der Waals surface area contributed by atoms with E-state index < -0.39 is 0 Å². The lowest BCUT2D eigenvalue weighted by Gasteiger charge is -1.97.